The van der Waals surface area contributed by atoms with Crippen LogP contribution in [0.4, 0.5) is 0 Å². The molecule has 0 aliphatic rings. The molecule has 0 fully saturated rings. The first-order valence-corrected chi connectivity index (χ1v) is 6.28. The zero-order valence-electron chi connectivity index (χ0n) is 8.40. The molecule has 0 heterocycles. The quantitative estimate of drug-likeness (QED) is 0.821. The maximum atomic E-state index is 11.8. The monoisotopic (exact) mass is 246 g/mol. The van der Waals surface area contributed by atoms with Crippen LogP contribution >= 0.6 is 11.6 Å². The largest absolute Gasteiger partial charge is 0.299 e. The van der Waals surface area contributed by atoms with Gasteiger partial charge < -0.3 is 0 Å². The molecule has 1 aromatic carbocycles. The molecule has 15 heavy (non-hydrogen) atoms. The van der Waals surface area contributed by atoms with E-state index in [4.69, 9.17) is 11.6 Å². The third-order valence-electron chi connectivity index (χ3n) is 2.18. The molecular formula is C10H11ClO3S. The highest BCUT2D eigenvalue weighted by Crippen LogP contribution is 2.19. The van der Waals surface area contributed by atoms with Gasteiger partial charge in [0.25, 0.3) is 0 Å². The Morgan fingerprint density at radius 1 is 1.27 bits per heavy atom. The Bertz CT molecular complexity index is 462. The Kier molecular flexibility index (Phi) is 3.52. The van der Waals surface area contributed by atoms with Crippen molar-refractivity contribution in [3.8, 4) is 0 Å². The molecule has 1 rings (SSSR count). The van der Waals surface area contributed by atoms with Crippen LogP contribution in [0.15, 0.2) is 29.2 Å². The fraction of sp³-hybridized carbons (Fsp3) is 0.300. The Hall–Kier alpha value is -0.870. The highest BCUT2D eigenvalue weighted by molar-refractivity contribution is 7.92. The summed E-state index contributed by atoms with van der Waals surface area (Å²) in [6, 6.07) is 5.77. The standard InChI is InChI=1S/C10H11ClO3S/c1-7(12)8(2)15(13,14)10-5-3-9(11)4-6-10/h3-6,8H,1-2H3. The van der Waals surface area contributed by atoms with Gasteiger partial charge >= 0.3 is 0 Å². The van der Waals surface area contributed by atoms with Crippen LogP contribution in [0.2, 0.25) is 5.02 Å². The molecule has 5 heteroatoms. The molecule has 0 amide bonds. The van der Waals surface area contributed by atoms with Gasteiger partial charge in [-0.25, -0.2) is 8.42 Å². The van der Waals surface area contributed by atoms with Gasteiger partial charge in [0.1, 0.15) is 11.0 Å². The van der Waals surface area contributed by atoms with Gasteiger partial charge in [-0.2, -0.15) is 0 Å². The number of ketones is 1. The molecule has 0 spiro atoms. The highest BCUT2D eigenvalue weighted by Gasteiger charge is 2.26. The van der Waals surface area contributed by atoms with Gasteiger partial charge in [0.2, 0.25) is 0 Å². The van der Waals surface area contributed by atoms with Gasteiger partial charge in [0.05, 0.1) is 4.90 Å². The molecule has 1 unspecified atom stereocenters. The summed E-state index contributed by atoms with van der Waals surface area (Å²) in [5.41, 5.74) is 0. The fourth-order valence-corrected chi connectivity index (χ4v) is 2.53. The number of carbonyl (C=O) groups excluding carboxylic acids is 1. The molecule has 0 saturated heterocycles. The van der Waals surface area contributed by atoms with Crippen molar-refractivity contribution >= 4 is 27.2 Å². The van der Waals surface area contributed by atoms with E-state index >= 15 is 0 Å². The molecule has 0 saturated carbocycles. The van der Waals surface area contributed by atoms with E-state index in [2.05, 4.69) is 0 Å². The molecule has 0 bridgehead atoms. The van der Waals surface area contributed by atoms with Crippen molar-refractivity contribution in [3.05, 3.63) is 29.3 Å². The molecule has 1 aromatic rings. The minimum absolute atomic E-state index is 0.120. The number of carbonyl (C=O) groups is 1. The fourth-order valence-electron chi connectivity index (χ4n) is 1.05. The molecule has 82 valence electrons. The lowest BCUT2D eigenvalue weighted by Gasteiger charge is -2.09. The lowest BCUT2D eigenvalue weighted by molar-refractivity contribution is -0.116. The van der Waals surface area contributed by atoms with Gasteiger partial charge in [-0.15, -0.1) is 0 Å². The molecule has 0 radical (unpaired) electrons. The first-order valence-electron chi connectivity index (χ1n) is 4.35. The van der Waals surface area contributed by atoms with Crippen LogP contribution in [0.3, 0.4) is 0 Å². The summed E-state index contributed by atoms with van der Waals surface area (Å²) in [4.78, 5) is 11.1. The molecule has 0 aromatic heterocycles. The second-order valence-corrected chi connectivity index (χ2v) is 5.96. The molecule has 0 aliphatic carbocycles. The smallest absolute Gasteiger partial charge is 0.188 e. The van der Waals surface area contributed by atoms with Crippen LogP contribution in [0, 0.1) is 0 Å². The van der Waals surface area contributed by atoms with Crippen LogP contribution in [0.25, 0.3) is 0 Å². The van der Waals surface area contributed by atoms with Gasteiger partial charge in [-0.3, -0.25) is 4.79 Å². The first kappa shape index (κ1) is 12.2. The number of Topliss-reactive ketones (excluding diaryl/α,β-unsaturated/α-hetero) is 1. The van der Waals surface area contributed by atoms with E-state index in [1.54, 1.807) is 0 Å². The number of sulfone groups is 1. The second-order valence-electron chi connectivity index (χ2n) is 3.25. The van der Waals surface area contributed by atoms with Gasteiger partial charge in [-0.1, -0.05) is 11.6 Å². The predicted molar refractivity (Wildman–Crippen MR) is 58.8 cm³/mol. The molecular weight excluding hydrogens is 236 g/mol. The first-order chi connectivity index (χ1) is 6.85. The van der Waals surface area contributed by atoms with E-state index in [0.717, 1.165) is 0 Å². The lowest BCUT2D eigenvalue weighted by atomic mass is 10.3. The summed E-state index contributed by atoms with van der Waals surface area (Å²) in [7, 11) is -3.56. The van der Waals surface area contributed by atoms with E-state index in [1.807, 2.05) is 0 Å². The maximum Gasteiger partial charge on any atom is 0.188 e. The molecule has 1 atom stereocenters. The van der Waals surface area contributed by atoms with Crippen molar-refractivity contribution in [2.75, 3.05) is 0 Å². The van der Waals surface area contributed by atoms with Crippen LogP contribution in [-0.4, -0.2) is 19.5 Å². The minimum Gasteiger partial charge on any atom is -0.299 e. The Morgan fingerprint density at radius 3 is 2.13 bits per heavy atom. The lowest BCUT2D eigenvalue weighted by Crippen LogP contribution is -2.25. The highest BCUT2D eigenvalue weighted by atomic mass is 35.5. The minimum atomic E-state index is -3.56. The predicted octanol–water partition coefficient (Wildman–Crippen LogP) is 2.09. The van der Waals surface area contributed by atoms with Crippen LogP contribution < -0.4 is 0 Å². The number of benzene rings is 1. The van der Waals surface area contributed by atoms with Crippen molar-refractivity contribution in [2.24, 2.45) is 0 Å². The third kappa shape index (κ3) is 2.58. The van der Waals surface area contributed by atoms with Crippen molar-refractivity contribution in [3.63, 3.8) is 0 Å². The van der Waals surface area contributed by atoms with Crippen molar-refractivity contribution in [1.29, 1.82) is 0 Å². The summed E-state index contributed by atoms with van der Waals surface area (Å²) in [6.45, 7) is 2.64. The molecule has 0 N–H and O–H groups in total. The number of halogens is 1. The average molecular weight is 247 g/mol. The van der Waals surface area contributed by atoms with E-state index in [-0.39, 0.29) is 10.7 Å². The van der Waals surface area contributed by atoms with Crippen LogP contribution in [0.1, 0.15) is 13.8 Å². The van der Waals surface area contributed by atoms with Gasteiger partial charge in [0, 0.05) is 5.02 Å². The molecule has 0 aliphatic heterocycles. The van der Waals surface area contributed by atoms with E-state index in [1.165, 1.54) is 38.1 Å². The third-order valence-corrected chi connectivity index (χ3v) is 4.62. The molecule has 3 nitrogen and oxygen atoms in total. The van der Waals surface area contributed by atoms with Gasteiger partial charge in [-0.05, 0) is 38.1 Å². The van der Waals surface area contributed by atoms with E-state index in [9.17, 15) is 13.2 Å². The van der Waals surface area contributed by atoms with Crippen molar-refractivity contribution < 1.29 is 13.2 Å². The van der Waals surface area contributed by atoms with E-state index < -0.39 is 15.1 Å². The zero-order chi connectivity index (χ0) is 11.6. The number of hydrogen-bond donors (Lipinski definition) is 0. The van der Waals surface area contributed by atoms with Crippen molar-refractivity contribution in [1.82, 2.24) is 0 Å². The zero-order valence-corrected chi connectivity index (χ0v) is 9.97. The Balaban J connectivity index is 3.17. The summed E-state index contributed by atoms with van der Waals surface area (Å²) >= 11 is 5.64. The van der Waals surface area contributed by atoms with Crippen LogP contribution in [-0.2, 0) is 14.6 Å². The SMILES string of the molecule is CC(=O)C(C)S(=O)(=O)c1ccc(Cl)cc1. The van der Waals surface area contributed by atoms with Crippen molar-refractivity contribution in [2.45, 2.75) is 24.0 Å². The summed E-state index contributed by atoms with van der Waals surface area (Å²) < 4.78 is 23.6. The van der Waals surface area contributed by atoms with Crippen LogP contribution in [0.5, 0.6) is 0 Å². The Morgan fingerprint density at radius 2 is 1.73 bits per heavy atom. The van der Waals surface area contributed by atoms with E-state index in [0.29, 0.717) is 5.02 Å². The summed E-state index contributed by atoms with van der Waals surface area (Å²) in [5, 5.41) is -0.553. The summed E-state index contributed by atoms with van der Waals surface area (Å²) in [6.07, 6.45) is 0. The van der Waals surface area contributed by atoms with Gasteiger partial charge in [0.15, 0.2) is 9.84 Å². The maximum absolute atomic E-state index is 11.8. The number of hydrogen-bond acceptors (Lipinski definition) is 3. The topological polar surface area (TPSA) is 51.2 Å². The second kappa shape index (κ2) is 4.33. The Labute approximate surface area is 94.0 Å². The summed E-state index contributed by atoms with van der Waals surface area (Å²) in [5.74, 6) is -0.370. The number of rotatable bonds is 3. The average Bonchev–Trinajstić information content (AvgIpc) is 2.17. The normalized spacial score (nSPS) is 13.5.